The second-order valence-electron chi connectivity index (χ2n) is 6.94. The Morgan fingerprint density at radius 1 is 1.17 bits per heavy atom. The van der Waals surface area contributed by atoms with Crippen LogP contribution in [0.25, 0.3) is 0 Å². The zero-order valence-corrected chi connectivity index (χ0v) is 14.3. The number of anilines is 1. The first kappa shape index (κ1) is 16.2. The Balaban J connectivity index is 1.77. The lowest BCUT2D eigenvalue weighted by molar-refractivity contribution is -0.146. The summed E-state index contributed by atoms with van der Waals surface area (Å²) in [6.45, 7) is 10.3. The highest BCUT2D eigenvalue weighted by molar-refractivity contribution is 5.83. The molecule has 2 saturated heterocycles. The molecule has 1 aromatic rings. The zero-order valence-electron chi connectivity index (χ0n) is 14.3. The van der Waals surface area contributed by atoms with Crippen LogP contribution in [0, 0.1) is 19.3 Å². The fraction of sp³-hybridized carbons (Fsp3) is 0.706. The third-order valence-electron chi connectivity index (χ3n) is 4.76. The zero-order chi connectivity index (χ0) is 16.4. The van der Waals surface area contributed by atoms with Crippen LogP contribution in [0.5, 0.6) is 0 Å². The van der Waals surface area contributed by atoms with Crippen molar-refractivity contribution in [2.45, 2.75) is 33.6 Å². The molecule has 0 aromatic carbocycles. The molecule has 0 aliphatic carbocycles. The van der Waals surface area contributed by atoms with E-state index < -0.39 is 0 Å². The van der Waals surface area contributed by atoms with E-state index in [1.54, 1.807) is 0 Å². The average molecular weight is 318 g/mol. The van der Waals surface area contributed by atoms with E-state index in [0.717, 1.165) is 36.7 Å². The van der Waals surface area contributed by atoms with Crippen molar-refractivity contribution in [2.75, 3.05) is 44.3 Å². The van der Waals surface area contributed by atoms with Crippen LogP contribution in [0.3, 0.4) is 0 Å². The van der Waals surface area contributed by atoms with Gasteiger partial charge in [-0.3, -0.25) is 4.79 Å². The summed E-state index contributed by atoms with van der Waals surface area (Å²) in [6.07, 6.45) is 1.91. The molecule has 1 aromatic heterocycles. The van der Waals surface area contributed by atoms with Crippen molar-refractivity contribution in [1.82, 2.24) is 14.9 Å². The van der Waals surface area contributed by atoms with E-state index in [9.17, 15) is 4.79 Å². The van der Waals surface area contributed by atoms with Gasteiger partial charge >= 0.3 is 0 Å². The quantitative estimate of drug-likeness (QED) is 0.828. The second kappa shape index (κ2) is 6.43. The van der Waals surface area contributed by atoms with Crippen LogP contribution in [0.15, 0.2) is 6.07 Å². The van der Waals surface area contributed by atoms with Crippen LogP contribution in [0.1, 0.15) is 31.2 Å². The van der Waals surface area contributed by atoms with Gasteiger partial charge in [-0.05, 0) is 39.7 Å². The maximum atomic E-state index is 13.0. The monoisotopic (exact) mass is 318 g/mol. The number of aromatic nitrogens is 2. The highest BCUT2D eigenvalue weighted by atomic mass is 16.5. The number of hydrogen-bond acceptors (Lipinski definition) is 5. The lowest BCUT2D eigenvalue weighted by Crippen LogP contribution is -2.54. The Labute approximate surface area is 137 Å². The molecule has 0 radical (unpaired) electrons. The summed E-state index contributed by atoms with van der Waals surface area (Å²) in [6, 6.07) is 1.98. The molecule has 2 aliphatic heterocycles. The Morgan fingerprint density at radius 3 is 2.48 bits per heavy atom. The van der Waals surface area contributed by atoms with Crippen molar-refractivity contribution in [3.05, 3.63) is 17.5 Å². The van der Waals surface area contributed by atoms with Crippen molar-refractivity contribution in [3.8, 4) is 0 Å². The smallest absolute Gasteiger partial charge is 0.230 e. The van der Waals surface area contributed by atoms with Gasteiger partial charge in [-0.2, -0.15) is 0 Å². The van der Waals surface area contributed by atoms with Crippen LogP contribution < -0.4 is 4.90 Å². The second-order valence-corrected chi connectivity index (χ2v) is 6.94. The number of aryl methyl sites for hydroxylation is 2. The summed E-state index contributed by atoms with van der Waals surface area (Å²) in [4.78, 5) is 26.2. The van der Waals surface area contributed by atoms with Gasteiger partial charge in [-0.15, -0.1) is 0 Å². The molecule has 3 heterocycles. The first-order chi connectivity index (χ1) is 11.0. The molecule has 2 aliphatic rings. The molecule has 23 heavy (non-hydrogen) atoms. The number of carbonyl (C=O) groups is 1. The molecule has 126 valence electrons. The number of nitrogens with zero attached hydrogens (tertiary/aromatic N) is 4. The summed E-state index contributed by atoms with van der Waals surface area (Å²) in [5.74, 6) is 0.998. The van der Waals surface area contributed by atoms with E-state index in [0.29, 0.717) is 32.8 Å². The predicted molar refractivity (Wildman–Crippen MR) is 88.5 cm³/mol. The fourth-order valence-corrected chi connectivity index (χ4v) is 3.58. The summed E-state index contributed by atoms with van der Waals surface area (Å²) >= 11 is 0. The van der Waals surface area contributed by atoms with Crippen molar-refractivity contribution >= 4 is 11.9 Å². The molecule has 0 bridgehead atoms. The van der Waals surface area contributed by atoms with Crippen LogP contribution >= 0.6 is 0 Å². The minimum Gasteiger partial charge on any atom is -0.378 e. The summed E-state index contributed by atoms with van der Waals surface area (Å²) < 4.78 is 5.36. The van der Waals surface area contributed by atoms with Crippen LogP contribution in [0.2, 0.25) is 0 Å². The van der Waals surface area contributed by atoms with Crippen molar-refractivity contribution < 1.29 is 9.53 Å². The molecular weight excluding hydrogens is 292 g/mol. The third kappa shape index (κ3) is 3.47. The number of morpholine rings is 1. The van der Waals surface area contributed by atoms with Gasteiger partial charge in [-0.1, -0.05) is 0 Å². The van der Waals surface area contributed by atoms with Gasteiger partial charge in [0.1, 0.15) is 0 Å². The van der Waals surface area contributed by atoms with Crippen LogP contribution in [-0.2, 0) is 9.53 Å². The van der Waals surface area contributed by atoms with Crippen molar-refractivity contribution in [1.29, 1.82) is 0 Å². The van der Waals surface area contributed by atoms with Gasteiger partial charge in [-0.25, -0.2) is 9.97 Å². The van der Waals surface area contributed by atoms with E-state index in [4.69, 9.17) is 4.74 Å². The van der Waals surface area contributed by atoms with Crippen LogP contribution in [-0.4, -0.2) is 60.2 Å². The van der Waals surface area contributed by atoms with Gasteiger partial charge in [0.15, 0.2) is 0 Å². The first-order valence-corrected chi connectivity index (χ1v) is 8.42. The van der Waals surface area contributed by atoms with E-state index in [1.165, 1.54) is 0 Å². The Kier molecular flexibility index (Phi) is 4.53. The maximum Gasteiger partial charge on any atom is 0.230 e. The van der Waals surface area contributed by atoms with Gasteiger partial charge in [0.05, 0.1) is 18.6 Å². The molecule has 1 unspecified atom stereocenters. The lowest BCUT2D eigenvalue weighted by atomic mass is 9.80. The topological polar surface area (TPSA) is 58.6 Å². The van der Waals surface area contributed by atoms with Crippen LogP contribution in [0.4, 0.5) is 5.95 Å². The largest absolute Gasteiger partial charge is 0.378 e. The van der Waals surface area contributed by atoms with Gasteiger partial charge in [0.2, 0.25) is 11.9 Å². The molecule has 6 heteroatoms. The molecule has 1 atom stereocenters. The molecule has 6 nitrogen and oxygen atoms in total. The van der Waals surface area contributed by atoms with Gasteiger partial charge < -0.3 is 14.5 Å². The van der Waals surface area contributed by atoms with Gasteiger partial charge in [0, 0.05) is 37.6 Å². The molecule has 2 fully saturated rings. The average Bonchev–Trinajstić information content (AvgIpc) is 2.54. The van der Waals surface area contributed by atoms with Crippen molar-refractivity contribution in [2.24, 2.45) is 5.41 Å². The normalized spacial score (nSPS) is 25.5. The highest BCUT2D eigenvalue weighted by Gasteiger charge is 2.41. The molecule has 0 saturated carbocycles. The van der Waals surface area contributed by atoms with Crippen molar-refractivity contribution in [3.63, 3.8) is 0 Å². The number of carbonyl (C=O) groups excluding carboxylic acids is 1. The minimum absolute atomic E-state index is 0.245. The third-order valence-corrected chi connectivity index (χ3v) is 4.76. The molecular formula is C17H26N4O2. The molecule has 3 rings (SSSR count). The lowest BCUT2D eigenvalue weighted by Gasteiger charge is -2.42. The summed E-state index contributed by atoms with van der Waals surface area (Å²) in [7, 11) is 0. The minimum atomic E-state index is -0.364. The SMILES string of the molecule is Cc1cc(C)nc(N2CCCC(C)(C(=O)N3CCOCC3)C2)n1. The number of amides is 1. The Morgan fingerprint density at radius 2 is 1.83 bits per heavy atom. The summed E-state index contributed by atoms with van der Waals surface area (Å²) in [5, 5.41) is 0. The van der Waals surface area contributed by atoms with E-state index in [2.05, 4.69) is 21.8 Å². The standard InChI is InChI=1S/C17H26N4O2/c1-13-11-14(2)19-16(18-13)21-6-4-5-17(3,12-21)15(22)20-7-9-23-10-8-20/h11H,4-10,12H2,1-3H3. The number of rotatable bonds is 2. The fourth-order valence-electron chi connectivity index (χ4n) is 3.58. The van der Waals surface area contributed by atoms with Gasteiger partial charge in [0.25, 0.3) is 0 Å². The first-order valence-electron chi connectivity index (χ1n) is 8.42. The molecule has 0 N–H and O–H groups in total. The van der Waals surface area contributed by atoms with E-state index >= 15 is 0 Å². The van der Waals surface area contributed by atoms with E-state index in [-0.39, 0.29) is 11.3 Å². The molecule has 1 amide bonds. The summed E-state index contributed by atoms with van der Waals surface area (Å²) in [5.41, 5.74) is 1.58. The Hall–Kier alpha value is -1.69. The number of hydrogen-bond donors (Lipinski definition) is 0. The maximum absolute atomic E-state index is 13.0. The number of piperidine rings is 1. The highest BCUT2D eigenvalue weighted by Crippen LogP contribution is 2.33. The van der Waals surface area contributed by atoms with E-state index in [1.807, 2.05) is 24.8 Å². The molecule has 0 spiro atoms. The number of ether oxygens (including phenoxy) is 1. The Bertz CT molecular complexity index is 566. The predicted octanol–water partition coefficient (Wildman–Crippen LogP) is 1.56.